The second-order valence-electron chi connectivity index (χ2n) is 9.08. The van der Waals surface area contributed by atoms with Crippen LogP contribution in [-0.2, 0) is 4.74 Å². The average molecular weight is 437 g/mol. The van der Waals surface area contributed by atoms with E-state index in [2.05, 4.69) is 32.8 Å². The van der Waals surface area contributed by atoms with Crippen molar-refractivity contribution in [3.63, 3.8) is 0 Å². The quantitative estimate of drug-likeness (QED) is 0.557. The van der Waals surface area contributed by atoms with Gasteiger partial charge in [0.25, 0.3) is 0 Å². The van der Waals surface area contributed by atoms with Gasteiger partial charge in [0.15, 0.2) is 0 Å². The van der Waals surface area contributed by atoms with E-state index in [-0.39, 0.29) is 11.9 Å². The highest BCUT2D eigenvalue weighted by atomic mass is 79.9. The Morgan fingerprint density at radius 1 is 1.26 bits per heavy atom. The van der Waals surface area contributed by atoms with Gasteiger partial charge in [0.05, 0.1) is 9.99 Å². The van der Waals surface area contributed by atoms with Gasteiger partial charge >= 0.3 is 6.09 Å². The molecular formula is C21H26BrFN2O2. The molecule has 2 aliphatic rings. The first-order valence-corrected chi connectivity index (χ1v) is 10.4. The summed E-state index contributed by atoms with van der Waals surface area (Å²) in [4.78, 5) is 14.1. The van der Waals surface area contributed by atoms with Crippen LogP contribution in [0.25, 0.3) is 10.9 Å². The van der Waals surface area contributed by atoms with Gasteiger partial charge in [-0.25, -0.2) is 9.18 Å². The van der Waals surface area contributed by atoms with Crippen LogP contribution in [0.15, 0.2) is 28.9 Å². The third-order valence-corrected chi connectivity index (χ3v) is 6.58. The molecule has 27 heavy (non-hydrogen) atoms. The van der Waals surface area contributed by atoms with Gasteiger partial charge in [0.1, 0.15) is 11.4 Å². The summed E-state index contributed by atoms with van der Waals surface area (Å²) in [5.41, 5.74) is 0.822. The number of hydrogen-bond acceptors (Lipinski definition) is 2. The molecule has 2 aromatic rings. The predicted octanol–water partition coefficient (Wildman–Crippen LogP) is 5.90. The zero-order chi connectivity index (χ0) is 19.4. The predicted molar refractivity (Wildman–Crippen MR) is 107 cm³/mol. The first-order chi connectivity index (χ1) is 12.7. The molecule has 0 N–H and O–H groups in total. The minimum atomic E-state index is -0.451. The van der Waals surface area contributed by atoms with Crippen molar-refractivity contribution in [1.29, 1.82) is 0 Å². The molecule has 1 saturated carbocycles. The fourth-order valence-corrected chi connectivity index (χ4v) is 4.86. The van der Waals surface area contributed by atoms with Crippen LogP contribution in [0.4, 0.5) is 9.18 Å². The molecular weight excluding hydrogens is 411 g/mol. The molecule has 146 valence electrons. The second-order valence-corrected chi connectivity index (χ2v) is 9.93. The molecule has 1 amide bonds. The second kappa shape index (κ2) is 6.50. The number of aromatic nitrogens is 1. The van der Waals surface area contributed by atoms with Gasteiger partial charge in [0.2, 0.25) is 0 Å². The lowest BCUT2D eigenvalue weighted by Gasteiger charge is -2.52. The highest BCUT2D eigenvalue weighted by Crippen LogP contribution is 2.55. The molecule has 1 aromatic carbocycles. The third kappa shape index (κ3) is 3.60. The van der Waals surface area contributed by atoms with Gasteiger partial charge in [-0.15, -0.1) is 0 Å². The van der Waals surface area contributed by atoms with Crippen LogP contribution in [0.3, 0.4) is 0 Å². The number of fused-ring (bicyclic) bond motifs is 1. The number of likely N-dealkylation sites (tertiary alicyclic amines) is 1. The third-order valence-electron chi connectivity index (χ3n) is 5.97. The van der Waals surface area contributed by atoms with Crippen molar-refractivity contribution in [2.75, 3.05) is 13.1 Å². The summed E-state index contributed by atoms with van der Waals surface area (Å²) in [5.74, 6) is -0.220. The molecule has 4 rings (SSSR count). The molecule has 1 saturated heterocycles. The lowest BCUT2D eigenvalue weighted by Crippen LogP contribution is -2.50. The fraction of sp³-hybridized carbons (Fsp3) is 0.571. The maximum absolute atomic E-state index is 14.0. The minimum Gasteiger partial charge on any atom is -0.444 e. The molecule has 4 nitrogen and oxygen atoms in total. The number of carbonyl (C=O) groups excluding carboxylic acids is 1. The molecule has 0 radical (unpaired) electrons. The molecule has 1 aliphatic carbocycles. The number of benzene rings is 1. The van der Waals surface area contributed by atoms with Gasteiger partial charge in [0, 0.05) is 30.7 Å². The van der Waals surface area contributed by atoms with Crippen molar-refractivity contribution in [2.24, 2.45) is 5.41 Å². The first kappa shape index (κ1) is 18.8. The lowest BCUT2D eigenvalue weighted by atomic mass is 9.60. The van der Waals surface area contributed by atoms with Crippen molar-refractivity contribution in [2.45, 2.75) is 58.1 Å². The summed E-state index contributed by atoms with van der Waals surface area (Å²) < 4.78 is 22.2. The number of hydrogen-bond donors (Lipinski definition) is 0. The average Bonchev–Trinajstić information content (AvgIpc) is 2.94. The zero-order valence-corrected chi connectivity index (χ0v) is 17.7. The Balaban J connectivity index is 1.39. The molecule has 0 unspecified atom stereocenters. The van der Waals surface area contributed by atoms with E-state index in [1.54, 1.807) is 6.07 Å². The monoisotopic (exact) mass is 436 g/mol. The van der Waals surface area contributed by atoms with E-state index in [1.807, 2.05) is 31.7 Å². The number of ether oxygens (including phenoxy) is 1. The summed E-state index contributed by atoms with van der Waals surface area (Å²) in [6, 6.07) is 5.93. The van der Waals surface area contributed by atoms with E-state index in [0.717, 1.165) is 49.7 Å². The Morgan fingerprint density at radius 2 is 1.93 bits per heavy atom. The van der Waals surface area contributed by atoms with Crippen LogP contribution >= 0.6 is 15.9 Å². The highest BCUT2D eigenvalue weighted by molar-refractivity contribution is 9.10. The Labute approximate surface area is 167 Å². The lowest BCUT2D eigenvalue weighted by molar-refractivity contribution is -0.0225. The van der Waals surface area contributed by atoms with Crippen LogP contribution in [-0.4, -0.2) is 34.3 Å². The maximum Gasteiger partial charge on any atom is 0.410 e. The molecule has 0 bridgehead atoms. The van der Waals surface area contributed by atoms with Gasteiger partial charge in [-0.2, -0.15) is 0 Å². The highest BCUT2D eigenvalue weighted by Gasteiger charge is 2.47. The summed E-state index contributed by atoms with van der Waals surface area (Å²) in [5, 5.41) is 1.06. The van der Waals surface area contributed by atoms with Crippen LogP contribution < -0.4 is 0 Å². The Kier molecular flexibility index (Phi) is 4.53. The van der Waals surface area contributed by atoms with Gasteiger partial charge in [-0.1, -0.05) is 0 Å². The largest absolute Gasteiger partial charge is 0.444 e. The molecule has 1 aliphatic heterocycles. The van der Waals surface area contributed by atoms with E-state index < -0.39 is 5.60 Å². The van der Waals surface area contributed by atoms with Gasteiger partial charge < -0.3 is 14.2 Å². The van der Waals surface area contributed by atoms with E-state index in [0.29, 0.717) is 15.9 Å². The number of carbonyl (C=O) groups is 1. The van der Waals surface area contributed by atoms with Crippen molar-refractivity contribution in [1.82, 2.24) is 9.47 Å². The minimum absolute atomic E-state index is 0.203. The fourth-order valence-electron chi connectivity index (χ4n) is 4.50. The zero-order valence-electron chi connectivity index (χ0n) is 16.1. The Morgan fingerprint density at radius 3 is 2.56 bits per heavy atom. The summed E-state index contributed by atoms with van der Waals surface area (Å²) in [6.07, 6.45) is 6.09. The van der Waals surface area contributed by atoms with Crippen LogP contribution in [0.2, 0.25) is 0 Å². The van der Waals surface area contributed by atoms with Gasteiger partial charge in [-0.05, 0) is 86.0 Å². The van der Waals surface area contributed by atoms with Crippen LogP contribution in [0.5, 0.6) is 0 Å². The first-order valence-electron chi connectivity index (χ1n) is 9.59. The van der Waals surface area contributed by atoms with Crippen molar-refractivity contribution >= 4 is 32.9 Å². The SMILES string of the molecule is CC(C)(C)OC(=O)N1CCC2(CC1)CC(n1ccc3cc(Br)c(F)cc31)C2. The molecule has 2 fully saturated rings. The standard InChI is InChI=1S/C21H26BrFN2O2/c1-20(2,3)27-19(26)24-8-5-21(6-9-24)12-15(13-21)25-7-4-14-10-16(22)17(23)11-18(14)25/h4,7,10-11,15H,5-6,8-9,12-13H2,1-3H3. The van der Waals surface area contributed by atoms with Crippen LogP contribution in [0, 0.1) is 11.2 Å². The Bertz CT molecular complexity index is 870. The maximum atomic E-state index is 14.0. The molecule has 6 heteroatoms. The van der Waals surface area contributed by atoms with E-state index in [9.17, 15) is 9.18 Å². The molecule has 0 atom stereocenters. The number of rotatable bonds is 1. The van der Waals surface area contributed by atoms with Crippen LogP contribution in [0.1, 0.15) is 52.5 Å². The van der Waals surface area contributed by atoms with Gasteiger partial charge in [-0.3, -0.25) is 0 Å². The normalized spacial score (nSPS) is 20.1. The smallest absolute Gasteiger partial charge is 0.410 e. The number of nitrogens with zero attached hydrogens (tertiary/aromatic N) is 2. The Hall–Kier alpha value is -1.56. The van der Waals surface area contributed by atoms with E-state index in [4.69, 9.17) is 4.74 Å². The summed E-state index contributed by atoms with van der Waals surface area (Å²) in [6.45, 7) is 7.21. The topological polar surface area (TPSA) is 34.5 Å². The summed E-state index contributed by atoms with van der Waals surface area (Å²) >= 11 is 3.26. The molecule has 1 aromatic heterocycles. The van der Waals surface area contributed by atoms with E-state index in [1.165, 1.54) is 0 Å². The van der Waals surface area contributed by atoms with E-state index >= 15 is 0 Å². The van der Waals surface area contributed by atoms with Crippen molar-refractivity contribution in [3.05, 3.63) is 34.7 Å². The number of piperidine rings is 1. The van der Waals surface area contributed by atoms with Crippen molar-refractivity contribution < 1.29 is 13.9 Å². The van der Waals surface area contributed by atoms with Crippen molar-refractivity contribution in [3.8, 4) is 0 Å². The number of amides is 1. The number of halogens is 2. The molecule has 2 heterocycles. The molecule has 1 spiro atoms. The summed E-state index contributed by atoms with van der Waals surface area (Å²) in [7, 11) is 0.